The predicted octanol–water partition coefficient (Wildman–Crippen LogP) is 3.60. The molecule has 2 rings (SSSR count). The summed E-state index contributed by atoms with van der Waals surface area (Å²) in [6.07, 6.45) is 1.86. The molecular weight excluding hydrogens is 482 g/mol. The van der Waals surface area contributed by atoms with Gasteiger partial charge in [-0.2, -0.15) is 0 Å². The van der Waals surface area contributed by atoms with Crippen molar-refractivity contribution >= 4 is 41.5 Å². The molecule has 0 radical (unpaired) electrons. The molecule has 1 aliphatic rings. The molecule has 0 spiro atoms. The van der Waals surface area contributed by atoms with Gasteiger partial charge >= 0.3 is 0 Å². The maximum absolute atomic E-state index is 14.6. The van der Waals surface area contributed by atoms with Crippen molar-refractivity contribution in [1.82, 2.24) is 15.5 Å². The Morgan fingerprint density at radius 2 is 2.30 bits per heavy atom. The van der Waals surface area contributed by atoms with E-state index in [1.165, 1.54) is 6.07 Å². The normalized spacial score (nSPS) is 19.1. The molecule has 0 aliphatic carbocycles. The van der Waals surface area contributed by atoms with E-state index >= 15 is 0 Å². The molecule has 27 heavy (non-hydrogen) atoms. The van der Waals surface area contributed by atoms with Crippen LogP contribution >= 0.6 is 35.6 Å². The zero-order valence-electron chi connectivity index (χ0n) is 15.9. The van der Waals surface area contributed by atoms with E-state index in [2.05, 4.69) is 27.1 Å². The van der Waals surface area contributed by atoms with E-state index in [1.54, 1.807) is 18.2 Å². The summed E-state index contributed by atoms with van der Waals surface area (Å²) >= 11 is 6.35. The molecule has 152 valence electrons. The highest BCUT2D eigenvalue weighted by Gasteiger charge is 2.29. The Labute approximate surface area is 183 Å². The summed E-state index contributed by atoms with van der Waals surface area (Å²) in [7, 11) is 0. The number of benzene rings is 1. The average Bonchev–Trinajstić information content (AvgIpc) is 2.61. The van der Waals surface area contributed by atoms with E-state index in [0.29, 0.717) is 49.3 Å². The number of nitrogens with zero attached hydrogens (tertiary/aromatic N) is 2. The van der Waals surface area contributed by atoms with Gasteiger partial charge < -0.3 is 15.4 Å². The molecule has 5 nitrogen and oxygen atoms in total. The van der Waals surface area contributed by atoms with E-state index in [-0.39, 0.29) is 41.9 Å². The quantitative estimate of drug-likeness (QED) is 0.255. The average molecular weight is 511 g/mol. The number of hydrogen-bond donors (Lipinski definition) is 2. The van der Waals surface area contributed by atoms with Gasteiger partial charge in [-0.1, -0.05) is 23.7 Å². The smallest absolute Gasteiger partial charge is 0.191 e. The van der Waals surface area contributed by atoms with E-state index in [0.717, 1.165) is 6.54 Å². The van der Waals surface area contributed by atoms with Gasteiger partial charge in [0.15, 0.2) is 5.96 Å². The fourth-order valence-electron chi connectivity index (χ4n) is 3.04. The van der Waals surface area contributed by atoms with Crippen LogP contribution in [0.3, 0.4) is 0 Å². The van der Waals surface area contributed by atoms with E-state index in [4.69, 9.17) is 16.3 Å². The van der Waals surface area contributed by atoms with Crippen LogP contribution in [0.1, 0.15) is 25.5 Å². The van der Waals surface area contributed by atoms with Crippen molar-refractivity contribution in [3.05, 3.63) is 47.3 Å². The van der Waals surface area contributed by atoms with Gasteiger partial charge in [-0.3, -0.25) is 9.89 Å². The zero-order chi connectivity index (χ0) is 18.9. The Hall–Kier alpha value is -0.900. The van der Waals surface area contributed by atoms with Crippen molar-refractivity contribution in [2.24, 2.45) is 4.99 Å². The summed E-state index contributed by atoms with van der Waals surface area (Å²) in [5, 5.41) is 6.78. The monoisotopic (exact) mass is 510 g/mol. The third kappa shape index (κ3) is 7.21. The molecule has 0 saturated carbocycles. The van der Waals surface area contributed by atoms with Gasteiger partial charge in [0.05, 0.1) is 25.3 Å². The summed E-state index contributed by atoms with van der Waals surface area (Å²) in [6.45, 7) is 11.5. The van der Waals surface area contributed by atoms with Crippen molar-refractivity contribution < 1.29 is 9.13 Å². The lowest BCUT2D eigenvalue weighted by Gasteiger charge is -2.37. The largest absolute Gasteiger partial charge is 0.376 e. The van der Waals surface area contributed by atoms with E-state index in [9.17, 15) is 4.39 Å². The molecule has 1 heterocycles. The summed E-state index contributed by atoms with van der Waals surface area (Å²) in [4.78, 5) is 6.84. The fraction of sp³-hybridized carbons (Fsp3) is 0.526. The Morgan fingerprint density at radius 3 is 2.93 bits per heavy atom. The second kappa shape index (κ2) is 12.5. The maximum atomic E-state index is 14.6. The summed E-state index contributed by atoms with van der Waals surface area (Å²) in [5.74, 6) is 0.368. The van der Waals surface area contributed by atoms with Crippen LogP contribution in [0.4, 0.5) is 4.39 Å². The number of guanidine groups is 1. The molecule has 1 aliphatic heterocycles. The molecule has 8 heteroatoms. The van der Waals surface area contributed by atoms with Gasteiger partial charge in [-0.15, -0.1) is 30.6 Å². The third-order valence-corrected chi connectivity index (χ3v) is 4.56. The number of hydrogen-bond acceptors (Lipinski definition) is 3. The summed E-state index contributed by atoms with van der Waals surface area (Å²) in [6, 6.07) is 4.54. The van der Waals surface area contributed by atoms with Gasteiger partial charge in [0.1, 0.15) is 5.82 Å². The van der Waals surface area contributed by atoms with Crippen LogP contribution < -0.4 is 10.6 Å². The van der Waals surface area contributed by atoms with Gasteiger partial charge in [0, 0.05) is 36.8 Å². The number of rotatable bonds is 7. The molecule has 0 amide bonds. The van der Waals surface area contributed by atoms with Gasteiger partial charge in [-0.05, 0) is 26.0 Å². The van der Waals surface area contributed by atoms with Gasteiger partial charge in [0.2, 0.25) is 0 Å². The molecular formula is C19H29ClFIN4O. The molecule has 2 N–H and O–H groups in total. The molecule has 2 atom stereocenters. The SMILES string of the molecule is C=CCNC(=NCC(c1c(F)cccc1Cl)N1CCOC(C)C1)NCC.I. The second-order valence-electron chi connectivity index (χ2n) is 6.22. The number of morpholine rings is 1. The Kier molecular flexibility index (Phi) is 11.2. The van der Waals surface area contributed by atoms with Crippen molar-refractivity contribution in [2.45, 2.75) is 26.0 Å². The van der Waals surface area contributed by atoms with Crippen LogP contribution in [0.5, 0.6) is 0 Å². The van der Waals surface area contributed by atoms with Crippen molar-refractivity contribution in [3.8, 4) is 0 Å². The zero-order valence-corrected chi connectivity index (χ0v) is 19.0. The van der Waals surface area contributed by atoms with Gasteiger partial charge in [-0.25, -0.2) is 4.39 Å². The fourth-order valence-corrected chi connectivity index (χ4v) is 3.32. The highest BCUT2D eigenvalue weighted by Crippen LogP contribution is 2.31. The van der Waals surface area contributed by atoms with Crippen molar-refractivity contribution in [3.63, 3.8) is 0 Å². The minimum absolute atomic E-state index is 0. The van der Waals surface area contributed by atoms with Crippen LogP contribution in [-0.4, -0.2) is 56.3 Å². The molecule has 1 saturated heterocycles. The Morgan fingerprint density at radius 1 is 1.52 bits per heavy atom. The predicted molar refractivity (Wildman–Crippen MR) is 121 cm³/mol. The number of nitrogens with one attached hydrogen (secondary N) is 2. The number of ether oxygens (including phenoxy) is 1. The highest BCUT2D eigenvalue weighted by atomic mass is 127. The number of aliphatic imine (C=N–C) groups is 1. The molecule has 1 fully saturated rings. The molecule has 1 aromatic rings. The second-order valence-corrected chi connectivity index (χ2v) is 6.62. The minimum atomic E-state index is -0.305. The maximum Gasteiger partial charge on any atom is 0.191 e. The first-order valence-electron chi connectivity index (χ1n) is 8.99. The molecule has 2 unspecified atom stereocenters. The Bertz CT molecular complexity index is 611. The van der Waals surface area contributed by atoms with Crippen molar-refractivity contribution in [1.29, 1.82) is 0 Å². The first kappa shape index (κ1) is 24.1. The van der Waals surface area contributed by atoms with E-state index < -0.39 is 0 Å². The first-order valence-corrected chi connectivity index (χ1v) is 9.37. The van der Waals surface area contributed by atoms with E-state index in [1.807, 2.05) is 13.8 Å². The van der Waals surface area contributed by atoms with Crippen LogP contribution in [-0.2, 0) is 4.74 Å². The lowest BCUT2D eigenvalue weighted by Crippen LogP contribution is -2.45. The molecule has 0 bridgehead atoms. The van der Waals surface area contributed by atoms with Crippen molar-refractivity contribution in [2.75, 3.05) is 39.3 Å². The Balaban J connectivity index is 0.00000364. The van der Waals surface area contributed by atoms with Crippen LogP contribution in [0.2, 0.25) is 5.02 Å². The summed E-state index contributed by atoms with van der Waals surface area (Å²) in [5.41, 5.74) is 0.492. The lowest BCUT2D eigenvalue weighted by atomic mass is 10.0. The van der Waals surface area contributed by atoms with Crippen LogP contribution in [0.15, 0.2) is 35.8 Å². The topological polar surface area (TPSA) is 48.9 Å². The number of halogens is 3. The standard InChI is InChI=1S/C19H28ClFN4O.HI/c1-4-9-23-19(22-5-2)24-12-17(25-10-11-26-14(3)13-25)18-15(20)7-6-8-16(18)21;/h4,6-8,14,17H,1,5,9-13H2,2-3H3,(H2,22,23,24);1H. The molecule has 0 aromatic heterocycles. The van der Waals surface area contributed by atoms with Crippen LogP contribution in [0, 0.1) is 5.82 Å². The molecule has 1 aromatic carbocycles. The minimum Gasteiger partial charge on any atom is -0.376 e. The lowest BCUT2D eigenvalue weighted by molar-refractivity contribution is -0.0336. The highest BCUT2D eigenvalue weighted by molar-refractivity contribution is 14.0. The van der Waals surface area contributed by atoms with Crippen LogP contribution in [0.25, 0.3) is 0 Å². The summed E-state index contributed by atoms with van der Waals surface area (Å²) < 4.78 is 20.2. The van der Waals surface area contributed by atoms with Gasteiger partial charge in [0.25, 0.3) is 0 Å². The first-order chi connectivity index (χ1) is 12.6. The third-order valence-electron chi connectivity index (χ3n) is 4.23.